The number of para-hydroxylation sites is 1. The maximum Gasteiger partial charge on any atom is 0.273 e. The Labute approximate surface area is 132 Å². The van der Waals surface area contributed by atoms with Gasteiger partial charge < -0.3 is 5.32 Å². The van der Waals surface area contributed by atoms with Gasteiger partial charge in [0.2, 0.25) is 0 Å². The van der Waals surface area contributed by atoms with Crippen molar-refractivity contribution in [3.05, 3.63) is 77.1 Å². The number of carbonyl (C=O) groups is 1. The Hall–Kier alpha value is -2.66. The van der Waals surface area contributed by atoms with Crippen LogP contribution < -0.4 is 5.32 Å². The fourth-order valence-corrected chi connectivity index (χ4v) is 2.08. The average molecular weight is 313 g/mol. The molecule has 0 atom stereocenters. The molecule has 0 aliphatic heterocycles. The molecule has 22 heavy (non-hydrogen) atoms. The van der Waals surface area contributed by atoms with E-state index in [1.165, 1.54) is 0 Å². The highest BCUT2D eigenvalue weighted by molar-refractivity contribution is 6.30. The minimum absolute atomic E-state index is 0.267. The molecule has 110 valence electrons. The van der Waals surface area contributed by atoms with E-state index in [9.17, 15) is 4.79 Å². The van der Waals surface area contributed by atoms with Crippen LogP contribution in [0.25, 0.3) is 5.69 Å². The van der Waals surface area contributed by atoms with Crippen LogP contribution in [-0.2, 0) is 6.54 Å². The molecule has 3 rings (SSSR count). The van der Waals surface area contributed by atoms with E-state index < -0.39 is 0 Å². The number of aromatic nitrogens is 3. The van der Waals surface area contributed by atoms with Crippen molar-refractivity contribution < 1.29 is 4.79 Å². The van der Waals surface area contributed by atoms with E-state index in [-0.39, 0.29) is 11.6 Å². The minimum Gasteiger partial charge on any atom is -0.347 e. The van der Waals surface area contributed by atoms with Crippen molar-refractivity contribution >= 4 is 17.5 Å². The van der Waals surface area contributed by atoms with Crippen molar-refractivity contribution in [3.63, 3.8) is 0 Å². The summed E-state index contributed by atoms with van der Waals surface area (Å²) in [6.07, 6.45) is 1.60. The number of rotatable bonds is 4. The lowest BCUT2D eigenvalue weighted by atomic mass is 10.2. The molecule has 1 amide bonds. The molecule has 0 fully saturated rings. The van der Waals surface area contributed by atoms with Crippen LogP contribution in [-0.4, -0.2) is 20.9 Å². The fraction of sp³-hybridized carbons (Fsp3) is 0.0625. The molecule has 0 saturated carbocycles. The lowest BCUT2D eigenvalue weighted by molar-refractivity contribution is 0.0946. The number of carbonyl (C=O) groups excluding carboxylic acids is 1. The second-order valence-corrected chi connectivity index (χ2v) is 5.13. The quantitative estimate of drug-likeness (QED) is 0.806. The van der Waals surface area contributed by atoms with Crippen LogP contribution in [0, 0.1) is 0 Å². The van der Waals surface area contributed by atoms with E-state index in [2.05, 4.69) is 15.6 Å². The Morgan fingerprint density at radius 3 is 2.55 bits per heavy atom. The Morgan fingerprint density at radius 2 is 1.82 bits per heavy atom. The Morgan fingerprint density at radius 1 is 1.09 bits per heavy atom. The molecule has 3 aromatic rings. The summed E-state index contributed by atoms with van der Waals surface area (Å²) in [5, 5.41) is 11.3. The molecule has 0 aliphatic rings. The minimum atomic E-state index is -0.267. The Balaban J connectivity index is 1.66. The average Bonchev–Trinajstić information content (AvgIpc) is 3.05. The van der Waals surface area contributed by atoms with Crippen LogP contribution in [0.4, 0.5) is 0 Å². The third-order valence-electron chi connectivity index (χ3n) is 3.11. The molecule has 0 aliphatic carbocycles. The molecule has 0 bridgehead atoms. The first kappa shape index (κ1) is 14.3. The van der Waals surface area contributed by atoms with Crippen molar-refractivity contribution in [1.82, 2.24) is 20.3 Å². The molecular formula is C16H13ClN4O. The van der Waals surface area contributed by atoms with Gasteiger partial charge in [-0.3, -0.25) is 4.79 Å². The van der Waals surface area contributed by atoms with E-state index in [1.807, 2.05) is 42.5 Å². The molecule has 6 heteroatoms. The maximum atomic E-state index is 12.1. The molecule has 1 heterocycles. The topological polar surface area (TPSA) is 59.8 Å². The summed E-state index contributed by atoms with van der Waals surface area (Å²) in [5.74, 6) is -0.267. The van der Waals surface area contributed by atoms with Gasteiger partial charge in [0.05, 0.1) is 11.9 Å². The molecule has 0 saturated heterocycles. The predicted octanol–water partition coefficient (Wildman–Crippen LogP) is 2.85. The van der Waals surface area contributed by atoms with Crippen LogP contribution in [0.1, 0.15) is 16.1 Å². The highest BCUT2D eigenvalue weighted by atomic mass is 35.5. The highest BCUT2D eigenvalue weighted by Gasteiger charge is 2.11. The molecule has 2 aromatic carbocycles. The van der Waals surface area contributed by atoms with Gasteiger partial charge in [0.25, 0.3) is 5.91 Å². The van der Waals surface area contributed by atoms with E-state index in [4.69, 9.17) is 11.6 Å². The lowest BCUT2D eigenvalue weighted by Gasteiger charge is -2.03. The second-order valence-electron chi connectivity index (χ2n) is 4.69. The van der Waals surface area contributed by atoms with Gasteiger partial charge in [-0.15, -0.1) is 5.10 Å². The van der Waals surface area contributed by atoms with Crippen molar-refractivity contribution in [2.45, 2.75) is 6.54 Å². The van der Waals surface area contributed by atoms with Gasteiger partial charge >= 0.3 is 0 Å². The van der Waals surface area contributed by atoms with Gasteiger partial charge in [0, 0.05) is 11.6 Å². The SMILES string of the molecule is O=C(NCc1ccc(Cl)cc1)c1cn(-c2ccccc2)nn1. The molecule has 5 nitrogen and oxygen atoms in total. The summed E-state index contributed by atoms with van der Waals surface area (Å²) >= 11 is 5.82. The highest BCUT2D eigenvalue weighted by Crippen LogP contribution is 2.09. The first-order valence-electron chi connectivity index (χ1n) is 6.73. The fourth-order valence-electron chi connectivity index (χ4n) is 1.95. The molecule has 1 N–H and O–H groups in total. The van der Waals surface area contributed by atoms with Crippen molar-refractivity contribution in [2.75, 3.05) is 0 Å². The summed E-state index contributed by atoms with van der Waals surface area (Å²) < 4.78 is 1.57. The zero-order chi connectivity index (χ0) is 15.4. The second kappa shape index (κ2) is 6.41. The number of hydrogen-bond acceptors (Lipinski definition) is 3. The van der Waals surface area contributed by atoms with Gasteiger partial charge in [-0.1, -0.05) is 47.1 Å². The van der Waals surface area contributed by atoms with Crippen LogP contribution in [0.15, 0.2) is 60.8 Å². The van der Waals surface area contributed by atoms with Crippen molar-refractivity contribution in [3.8, 4) is 5.69 Å². The van der Waals surface area contributed by atoms with Gasteiger partial charge in [0.15, 0.2) is 5.69 Å². The van der Waals surface area contributed by atoms with Gasteiger partial charge in [-0.05, 0) is 29.8 Å². The molecule has 0 radical (unpaired) electrons. The third kappa shape index (κ3) is 3.32. The van der Waals surface area contributed by atoms with Gasteiger partial charge in [-0.25, -0.2) is 4.68 Å². The number of hydrogen-bond donors (Lipinski definition) is 1. The largest absolute Gasteiger partial charge is 0.347 e. The van der Waals surface area contributed by atoms with Crippen molar-refractivity contribution in [1.29, 1.82) is 0 Å². The number of halogens is 1. The Kier molecular flexibility index (Phi) is 4.16. The Bertz CT molecular complexity index is 768. The normalized spacial score (nSPS) is 10.4. The van der Waals surface area contributed by atoms with E-state index >= 15 is 0 Å². The van der Waals surface area contributed by atoms with Gasteiger partial charge in [-0.2, -0.15) is 0 Å². The van der Waals surface area contributed by atoms with Crippen LogP contribution in [0.2, 0.25) is 5.02 Å². The summed E-state index contributed by atoms with van der Waals surface area (Å²) in [6, 6.07) is 16.8. The molecule has 0 unspecified atom stereocenters. The summed E-state index contributed by atoms with van der Waals surface area (Å²) in [5.41, 5.74) is 2.10. The standard InChI is InChI=1S/C16H13ClN4O/c17-13-8-6-12(7-9-13)10-18-16(22)15-11-21(20-19-15)14-4-2-1-3-5-14/h1-9,11H,10H2,(H,18,22). The first-order chi connectivity index (χ1) is 10.7. The van der Waals surface area contributed by atoms with Crippen LogP contribution in [0.3, 0.4) is 0 Å². The van der Waals surface area contributed by atoms with Crippen LogP contribution in [0.5, 0.6) is 0 Å². The van der Waals surface area contributed by atoms with E-state index in [1.54, 1.807) is 23.0 Å². The molecule has 1 aromatic heterocycles. The first-order valence-corrected chi connectivity index (χ1v) is 7.10. The summed E-state index contributed by atoms with van der Waals surface area (Å²) in [7, 11) is 0. The van der Waals surface area contributed by atoms with Crippen molar-refractivity contribution in [2.24, 2.45) is 0 Å². The summed E-state index contributed by atoms with van der Waals surface area (Å²) in [4.78, 5) is 12.1. The van der Waals surface area contributed by atoms with Crippen LogP contribution >= 0.6 is 11.6 Å². The number of nitrogens with zero attached hydrogens (tertiary/aromatic N) is 3. The number of nitrogens with one attached hydrogen (secondary N) is 1. The maximum absolute atomic E-state index is 12.1. The van der Waals surface area contributed by atoms with E-state index in [0.717, 1.165) is 11.3 Å². The van der Waals surface area contributed by atoms with Gasteiger partial charge in [0.1, 0.15) is 0 Å². The lowest BCUT2D eigenvalue weighted by Crippen LogP contribution is -2.23. The molecular weight excluding hydrogens is 300 g/mol. The predicted molar refractivity (Wildman–Crippen MR) is 84.0 cm³/mol. The zero-order valence-corrected chi connectivity index (χ0v) is 12.4. The number of amides is 1. The smallest absolute Gasteiger partial charge is 0.273 e. The van der Waals surface area contributed by atoms with E-state index in [0.29, 0.717) is 11.6 Å². The third-order valence-corrected chi connectivity index (χ3v) is 3.37. The zero-order valence-electron chi connectivity index (χ0n) is 11.6. The number of benzene rings is 2. The molecule has 0 spiro atoms. The monoisotopic (exact) mass is 312 g/mol. The summed E-state index contributed by atoms with van der Waals surface area (Å²) in [6.45, 7) is 0.411.